The molecule has 6 heteroatoms. The average molecular weight is 312 g/mol. The molecule has 1 aromatic carbocycles. The monoisotopic (exact) mass is 312 g/mol. The highest BCUT2D eigenvalue weighted by atomic mass is 32.2. The minimum atomic E-state index is -0.139. The number of para-hydroxylation sites is 1. The van der Waals surface area contributed by atoms with Crippen LogP contribution in [0.3, 0.4) is 0 Å². The van der Waals surface area contributed by atoms with Crippen molar-refractivity contribution in [1.29, 1.82) is 0 Å². The SMILES string of the molecule is CC[C@H]1CSC(=Nc2ccccc2)N1C(=O)c1cnccn1. The first-order valence-electron chi connectivity index (χ1n) is 7.15. The summed E-state index contributed by atoms with van der Waals surface area (Å²) in [6, 6.07) is 9.82. The number of carbonyl (C=O) groups is 1. The van der Waals surface area contributed by atoms with Crippen LogP contribution in [-0.2, 0) is 0 Å². The van der Waals surface area contributed by atoms with E-state index in [0.29, 0.717) is 5.69 Å². The Morgan fingerprint density at radius 3 is 2.86 bits per heavy atom. The Kier molecular flexibility index (Phi) is 4.48. The first-order chi connectivity index (χ1) is 10.8. The summed E-state index contributed by atoms with van der Waals surface area (Å²) in [7, 11) is 0. The summed E-state index contributed by atoms with van der Waals surface area (Å²) in [6.07, 6.45) is 5.47. The molecule has 0 bridgehead atoms. The van der Waals surface area contributed by atoms with Gasteiger partial charge in [0.15, 0.2) is 5.17 Å². The molecule has 1 fully saturated rings. The lowest BCUT2D eigenvalue weighted by atomic mass is 10.2. The van der Waals surface area contributed by atoms with Crippen molar-refractivity contribution in [2.75, 3.05) is 5.75 Å². The van der Waals surface area contributed by atoms with Gasteiger partial charge in [-0.25, -0.2) is 9.98 Å². The Bertz CT molecular complexity index is 675. The Labute approximate surface area is 133 Å². The summed E-state index contributed by atoms with van der Waals surface area (Å²) < 4.78 is 0. The number of aliphatic imine (C=N–C) groups is 1. The van der Waals surface area contributed by atoms with Crippen LogP contribution in [0.15, 0.2) is 53.9 Å². The van der Waals surface area contributed by atoms with Gasteiger partial charge in [-0.3, -0.25) is 14.7 Å². The fourth-order valence-electron chi connectivity index (χ4n) is 2.26. The smallest absolute Gasteiger partial charge is 0.280 e. The van der Waals surface area contributed by atoms with E-state index in [-0.39, 0.29) is 11.9 Å². The molecular formula is C16H16N4OS. The topological polar surface area (TPSA) is 58.5 Å². The molecule has 1 saturated heterocycles. The van der Waals surface area contributed by atoms with Crippen molar-refractivity contribution >= 4 is 28.5 Å². The maximum atomic E-state index is 12.7. The molecular weight excluding hydrogens is 296 g/mol. The summed E-state index contributed by atoms with van der Waals surface area (Å²) in [4.78, 5) is 27.2. The summed E-state index contributed by atoms with van der Waals surface area (Å²) in [5.41, 5.74) is 1.20. The third-order valence-electron chi connectivity index (χ3n) is 3.43. The summed E-state index contributed by atoms with van der Waals surface area (Å²) in [5, 5.41) is 0.730. The molecule has 0 aliphatic carbocycles. The van der Waals surface area contributed by atoms with Gasteiger partial charge in [0.2, 0.25) is 0 Å². The van der Waals surface area contributed by atoms with Gasteiger partial charge in [-0.2, -0.15) is 0 Å². The molecule has 0 unspecified atom stereocenters. The highest BCUT2D eigenvalue weighted by molar-refractivity contribution is 8.14. The minimum absolute atomic E-state index is 0.139. The molecule has 2 aromatic rings. The van der Waals surface area contributed by atoms with E-state index in [0.717, 1.165) is 23.0 Å². The number of hydrogen-bond acceptors (Lipinski definition) is 5. The van der Waals surface area contributed by atoms with Gasteiger partial charge >= 0.3 is 0 Å². The number of nitrogens with zero attached hydrogens (tertiary/aromatic N) is 4. The van der Waals surface area contributed by atoms with E-state index in [1.165, 1.54) is 12.4 Å². The Balaban J connectivity index is 1.93. The fourth-order valence-corrected chi connectivity index (χ4v) is 3.52. The lowest BCUT2D eigenvalue weighted by molar-refractivity contribution is 0.0813. The van der Waals surface area contributed by atoms with Gasteiger partial charge in [0.25, 0.3) is 5.91 Å². The van der Waals surface area contributed by atoms with Gasteiger partial charge < -0.3 is 0 Å². The molecule has 1 atom stereocenters. The van der Waals surface area contributed by atoms with E-state index in [9.17, 15) is 4.79 Å². The van der Waals surface area contributed by atoms with Crippen molar-refractivity contribution in [1.82, 2.24) is 14.9 Å². The number of benzene rings is 1. The molecule has 0 radical (unpaired) electrons. The van der Waals surface area contributed by atoms with Crippen molar-refractivity contribution in [3.63, 3.8) is 0 Å². The van der Waals surface area contributed by atoms with Crippen LogP contribution in [0, 0.1) is 0 Å². The lowest BCUT2D eigenvalue weighted by Crippen LogP contribution is -2.39. The standard InChI is InChI=1S/C16H16N4OS/c1-2-13-11-22-16(19-12-6-4-3-5-7-12)20(13)15(21)14-10-17-8-9-18-14/h3-10,13H,2,11H2,1H3/t13-/m0/s1. The normalized spacial score (nSPS) is 19.6. The molecule has 0 spiro atoms. The second-order valence-electron chi connectivity index (χ2n) is 4.87. The maximum absolute atomic E-state index is 12.7. The van der Waals surface area contributed by atoms with Gasteiger partial charge in [0.05, 0.1) is 11.9 Å². The second kappa shape index (κ2) is 6.70. The van der Waals surface area contributed by atoms with Gasteiger partial charge in [-0.1, -0.05) is 36.9 Å². The van der Waals surface area contributed by atoms with Gasteiger partial charge in [0, 0.05) is 24.2 Å². The molecule has 1 aromatic heterocycles. The third kappa shape index (κ3) is 3.01. The summed E-state index contributed by atoms with van der Waals surface area (Å²) in [6.45, 7) is 2.08. The van der Waals surface area contributed by atoms with Crippen LogP contribution in [0.25, 0.3) is 0 Å². The molecule has 0 N–H and O–H groups in total. The van der Waals surface area contributed by atoms with Crippen LogP contribution < -0.4 is 0 Å². The predicted octanol–water partition coefficient (Wildman–Crippen LogP) is 3.13. The Morgan fingerprint density at radius 1 is 1.36 bits per heavy atom. The van der Waals surface area contributed by atoms with Crippen LogP contribution >= 0.6 is 11.8 Å². The van der Waals surface area contributed by atoms with E-state index in [1.54, 1.807) is 22.9 Å². The molecule has 1 aliphatic rings. The zero-order valence-corrected chi connectivity index (χ0v) is 13.0. The fraction of sp³-hybridized carbons (Fsp3) is 0.250. The zero-order chi connectivity index (χ0) is 15.4. The number of aromatic nitrogens is 2. The maximum Gasteiger partial charge on any atom is 0.280 e. The predicted molar refractivity (Wildman–Crippen MR) is 88.3 cm³/mol. The molecule has 1 aliphatic heterocycles. The van der Waals surface area contributed by atoms with E-state index in [2.05, 4.69) is 21.9 Å². The number of carbonyl (C=O) groups excluding carboxylic acids is 1. The zero-order valence-electron chi connectivity index (χ0n) is 12.2. The minimum Gasteiger partial charge on any atom is -0.282 e. The average Bonchev–Trinajstić information content (AvgIpc) is 2.98. The number of amidine groups is 1. The molecule has 2 heterocycles. The first-order valence-corrected chi connectivity index (χ1v) is 8.14. The number of hydrogen-bond donors (Lipinski definition) is 0. The largest absolute Gasteiger partial charge is 0.282 e. The van der Waals surface area contributed by atoms with E-state index in [1.807, 2.05) is 30.3 Å². The van der Waals surface area contributed by atoms with E-state index >= 15 is 0 Å². The van der Waals surface area contributed by atoms with Crippen molar-refractivity contribution in [3.8, 4) is 0 Å². The third-order valence-corrected chi connectivity index (χ3v) is 4.53. The van der Waals surface area contributed by atoms with Crippen LogP contribution in [0.4, 0.5) is 5.69 Å². The van der Waals surface area contributed by atoms with Gasteiger partial charge in [-0.15, -0.1) is 0 Å². The van der Waals surface area contributed by atoms with Crippen LogP contribution in [0.2, 0.25) is 0 Å². The molecule has 3 rings (SSSR count). The Hall–Kier alpha value is -2.21. The van der Waals surface area contributed by atoms with Crippen molar-refractivity contribution in [2.24, 2.45) is 4.99 Å². The van der Waals surface area contributed by atoms with Gasteiger partial charge in [-0.05, 0) is 18.6 Å². The number of thioether (sulfide) groups is 1. The van der Waals surface area contributed by atoms with E-state index < -0.39 is 0 Å². The highest BCUT2D eigenvalue weighted by Crippen LogP contribution is 2.29. The van der Waals surface area contributed by atoms with Crippen molar-refractivity contribution in [3.05, 3.63) is 54.6 Å². The highest BCUT2D eigenvalue weighted by Gasteiger charge is 2.35. The first kappa shape index (κ1) is 14.7. The van der Waals surface area contributed by atoms with Gasteiger partial charge in [0.1, 0.15) is 5.69 Å². The quantitative estimate of drug-likeness (QED) is 0.873. The van der Waals surface area contributed by atoms with Crippen molar-refractivity contribution < 1.29 is 4.79 Å². The molecule has 22 heavy (non-hydrogen) atoms. The van der Waals surface area contributed by atoms with E-state index in [4.69, 9.17) is 0 Å². The number of rotatable bonds is 3. The molecule has 5 nitrogen and oxygen atoms in total. The van der Waals surface area contributed by atoms with Crippen LogP contribution in [0.1, 0.15) is 23.8 Å². The summed E-state index contributed by atoms with van der Waals surface area (Å²) >= 11 is 1.61. The lowest BCUT2D eigenvalue weighted by Gasteiger charge is -2.22. The molecule has 1 amide bonds. The van der Waals surface area contributed by atoms with Crippen molar-refractivity contribution in [2.45, 2.75) is 19.4 Å². The number of amides is 1. The molecule has 0 saturated carbocycles. The van der Waals surface area contributed by atoms with Crippen LogP contribution in [-0.4, -0.2) is 37.7 Å². The molecule has 112 valence electrons. The summed E-state index contributed by atoms with van der Waals surface area (Å²) in [5.74, 6) is 0.716. The van der Waals surface area contributed by atoms with Crippen LogP contribution in [0.5, 0.6) is 0 Å². The second-order valence-corrected chi connectivity index (χ2v) is 5.86. The Morgan fingerprint density at radius 2 is 2.18 bits per heavy atom.